The first kappa shape index (κ1) is 26.6. The molecule has 0 saturated heterocycles. The molecule has 0 spiro atoms. The van der Waals surface area contributed by atoms with Crippen molar-refractivity contribution in [1.82, 2.24) is 5.01 Å². The second-order valence-corrected chi connectivity index (χ2v) is 11.6. The maximum Gasteiger partial charge on any atom is 0.283 e. The van der Waals surface area contributed by atoms with E-state index in [1.54, 1.807) is 17.8 Å². The number of hydrogen-bond donors (Lipinski definition) is 1. The minimum Gasteiger partial charge on any atom is -0.490 e. The predicted octanol–water partition coefficient (Wildman–Crippen LogP) is 6.76. The summed E-state index contributed by atoms with van der Waals surface area (Å²) in [7, 11) is 0. The highest BCUT2D eigenvalue weighted by molar-refractivity contribution is 8.27. The Morgan fingerprint density at radius 2 is 1.89 bits per heavy atom. The quantitative estimate of drug-likeness (QED) is 0.212. The molecule has 2 heterocycles. The number of aliphatic imine (C=N–C) groups is 1. The van der Waals surface area contributed by atoms with Crippen LogP contribution in [0, 0.1) is 18.3 Å². The SMILES string of the molecule is CCOc1cc(/C=C2/C(=N)N3N=C(C4CCCCC4)SC3=NC2=O)ccc1OCCSc1ccc(C)cc1. The molecule has 1 saturated carbocycles. The highest BCUT2D eigenvalue weighted by Gasteiger charge is 2.38. The Balaban J connectivity index is 1.27. The Morgan fingerprint density at radius 1 is 1.11 bits per heavy atom. The first-order valence-electron chi connectivity index (χ1n) is 13.1. The van der Waals surface area contributed by atoms with Gasteiger partial charge in [0.1, 0.15) is 5.04 Å². The molecule has 0 aromatic heterocycles. The third-order valence-corrected chi connectivity index (χ3v) is 8.68. The molecule has 1 aliphatic carbocycles. The van der Waals surface area contributed by atoms with E-state index in [4.69, 9.17) is 14.9 Å². The topological polar surface area (TPSA) is 87.3 Å². The molecular weight excluding hydrogens is 516 g/mol. The molecule has 38 heavy (non-hydrogen) atoms. The molecule has 0 radical (unpaired) electrons. The molecule has 7 nitrogen and oxygen atoms in total. The molecule has 0 bridgehead atoms. The van der Waals surface area contributed by atoms with E-state index in [2.05, 4.69) is 41.3 Å². The number of rotatable bonds is 9. The van der Waals surface area contributed by atoms with Gasteiger partial charge in [-0.2, -0.15) is 15.1 Å². The van der Waals surface area contributed by atoms with Crippen LogP contribution in [0.5, 0.6) is 11.5 Å². The summed E-state index contributed by atoms with van der Waals surface area (Å²) < 4.78 is 11.9. The predicted molar refractivity (Wildman–Crippen MR) is 157 cm³/mol. The summed E-state index contributed by atoms with van der Waals surface area (Å²) in [5.74, 6) is 2.11. The number of hydrazone groups is 1. The van der Waals surface area contributed by atoms with Gasteiger partial charge in [-0.1, -0.05) is 43.0 Å². The van der Waals surface area contributed by atoms with Crippen LogP contribution in [0.1, 0.15) is 50.2 Å². The smallest absolute Gasteiger partial charge is 0.283 e. The first-order valence-corrected chi connectivity index (χ1v) is 14.9. The van der Waals surface area contributed by atoms with Crippen LogP contribution in [-0.4, -0.2) is 45.9 Å². The number of amidine groups is 2. The van der Waals surface area contributed by atoms with Gasteiger partial charge in [0.25, 0.3) is 5.91 Å². The van der Waals surface area contributed by atoms with E-state index in [0.29, 0.717) is 35.8 Å². The Bertz CT molecular complexity index is 1300. The number of amides is 1. The van der Waals surface area contributed by atoms with E-state index >= 15 is 0 Å². The number of nitrogens with zero attached hydrogens (tertiary/aromatic N) is 3. The number of carbonyl (C=O) groups excluding carboxylic acids is 1. The zero-order valence-electron chi connectivity index (χ0n) is 21.7. The third-order valence-electron chi connectivity index (χ3n) is 6.63. The van der Waals surface area contributed by atoms with Crippen LogP contribution in [0.3, 0.4) is 0 Å². The lowest BCUT2D eigenvalue weighted by Crippen LogP contribution is -2.35. The molecule has 2 aromatic carbocycles. The molecule has 1 N–H and O–H groups in total. The van der Waals surface area contributed by atoms with Crippen LogP contribution in [0.4, 0.5) is 0 Å². The molecule has 5 rings (SSSR count). The number of hydrogen-bond acceptors (Lipinski definition) is 7. The summed E-state index contributed by atoms with van der Waals surface area (Å²) in [5.41, 5.74) is 2.20. The van der Waals surface area contributed by atoms with Gasteiger partial charge in [0, 0.05) is 16.6 Å². The number of fused-ring (bicyclic) bond motifs is 1. The van der Waals surface area contributed by atoms with Gasteiger partial charge in [-0.25, -0.2) is 0 Å². The summed E-state index contributed by atoms with van der Waals surface area (Å²) >= 11 is 3.18. The molecule has 3 aliphatic rings. The maximum atomic E-state index is 12.9. The molecule has 2 aliphatic heterocycles. The Morgan fingerprint density at radius 3 is 2.66 bits per heavy atom. The van der Waals surface area contributed by atoms with Crippen molar-refractivity contribution in [3.8, 4) is 11.5 Å². The van der Waals surface area contributed by atoms with Crippen molar-refractivity contribution in [1.29, 1.82) is 5.41 Å². The summed E-state index contributed by atoms with van der Waals surface area (Å²) in [6, 6.07) is 14.0. The molecule has 9 heteroatoms. The van der Waals surface area contributed by atoms with Gasteiger partial charge in [0.15, 0.2) is 17.3 Å². The normalized spacial score (nSPS) is 18.9. The zero-order valence-corrected chi connectivity index (χ0v) is 23.4. The van der Waals surface area contributed by atoms with Crippen LogP contribution < -0.4 is 9.47 Å². The number of thioether (sulfide) groups is 2. The standard InChI is InChI=1S/C29H32N4O3S2/c1-3-35-25-18-20(11-14-24(25)36-15-16-37-22-12-9-19(2)10-13-22)17-23-26(30)33-29(31-27(23)34)38-28(32-33)21-7-5-4-6-8-21/h9-14,17-18,21,30H,3-8,15-16H2,1-2H3/b23-17-,30-26?. The summed E-state index contributed by atoms with van der Waals surface area (Å²) in [5, 5.41) is 16.4. The summed E-state index contributed by atoms with van der Waals surface area (Å²) in [6.07, 6.45) is 7.56. The van der Waals surface area contributed by atoms with Crippen molar-refractivity contribution in [2.75, 3.05) is 19.0 Å². The van der Waals surface area contributed by atoms with Crippen molar-refractivity contribution in [3.05, 3.63) is 59.2 Å². The van der Waals surface area contributed by atoms with Crippen LogP contribution in [0.2, 0.25) is 0 Å². The molecule has 2 aromatic rings. The van der Waals surface area contributed by atoms with Gasteiger partial charge >= 0.3 is 0 Å². The average molecular weight is 549 g/mol. The lowest BCUT2D eigenvalue weighted by atomic mass is 9.90. The molecule has 198 valence electrons. The highest BCUT2D eigenvalue weighted by atomic mass is 32.2. The summed E-state index contributed by atoms with van der Waals surface area (Å²) in [6.45, 7) is 5.02. The zero-order chi connectivity index (χ0) is 26.5. The lowest BCUT2D eigenvalue weighted by Gasteiger charge is -2.20. The van der Waals surface area contributed by atoms with Crippen molar-refractivity contribution >= 4 is 51.6 Å². The van der Waals surface area contributed by atoms with E-state index in [0.717, 1.165) is 29.2 Å². The average Bonchev–Trinajstić information content (AvgIpc) is 3.36. The number of carbonyl (C=O) groups is 1. The Kier molecular flexibility index (Phi) is 8.54. The Hall–Kier alpha value is -3.04. The van der Waals surface area contributed by atoms with Crippen LogP contribution in [0.15, 0.2) is 63.0 Å². The van der Waals surface area contributed by atoms with E-state index in [1.165, 1.54) is 46.5 Å². The van der Waals surface area contributed by atoms with Crippen molar-refractivity contribution in [3.63, 3.8) is 0 Å². The van der Waals surface area contributed by atoms with Gasteiger partial charge in [0.05, 0.1) is 18.8 Å². The fourth-order valence-electron chi connectivity index (χ4n) is 4.64. The van der Waals surface area contributed by atoms with Crippen LogP contribution >= 0.6 is 23.5 Å². The summed E-state index contributed by atoms with van der Waals surface area (Å²) in [4.78, 5) is 18.3. The van der Waals surface area contributed by atoms with Crippen LogP contribution in [0.25, 0.3) is 6.08 Å². The molecule has 1 fully saturated rings. The van der Waals surface area contributed by atoms with Crippen LogP contribution in [-0.2, 0) is 4.79 Å². The largest absolute Gasteiger partial charge is 0.490 e. The molecular formula is C29H32N4O3S2. The Labute approximate surface area is 232 Å². The fourth-order valence-corrected chi connectivity index (χ4v) is 6.43. The number of benzene rings is 2. The second kappa shape index (κ2) is 12.2. The third kappa shape index (κ3) is 6.15. The number of aryl methyl sites for hydroxylation is 1. The first-order chi connectivity index (χ1) is 18.5. The van der Waals surface area contributed by atoms with E-state index in [9.17, 15) is 4.79 Å². The van der Waals surface area contributed by atoms with Gasteiger partial charge in [-0.3, -0.25) is 10.2 Å². The van der Waals surface area contributed by atoms with E-state index < -0.39 is 5.91 Å². The van der Waals surface area contributed by atoms with Crippen molar-refractivity contribution in [2.45, 2.75) is 50.8 Å². The highest BCUT2D eigenvalue weighted by Crippen LogP contribution is 2.37. The minimum atomic E-state index is -0.416. The lowest BCUT2D eigenvalue weighted by molar-refractivity contribution is -0.114. The minimum absolute atomic E-state index is 0.0599. The molecule has 0 unspecified atom stereocenters. The van der Waals surface area contributed by atoms with Gasteiger partial charge < -0.3 is 9.47 Å². The van der Waals surface area contributed by atoms with Crippen molar-refractivity contribution in [2.24, 2.45) is 16.0 Å². The van der Waals surface area contributed by atoms with E-state index in [-0.39, 0.29) is 11.4 Å². The maximum absolute atomic E-state index is 12.9. The monoisotopic (exact) mass is 548 g/mol. The molecule has 1 amide bonds. The number of nitrogens with one attached hydrogen (secondary N) is 1. The fraction of sp³-hybridized carbons (Fsp3) is 0.379. The number of ether oxygens (including phenoxy) is 2. The molecule has 0 atom stereocenters. The van der Waals surface area contributed by atoms with Gasteiger partial charge in [0.2, 0.25) is 5.17 Å². The van der Waals surface area contributed by atoms with Gasteiger partial charge in [-0.15, -0.1) is 11.8 Å². The second-order valence-electron chi connectivity index (χ2n) is 9.44. The van der Waals surface area contributed by atoms with E-state index in [1.807, 2.05) is 25.1 Å². The van der Waals surface area contributed by atoms with Crippen molar-refractivity contribution < 1.29 is 14.3 Å². The van der Waals surface area contributed by atoms with Gasteiger partial charge in [-0.05, 0) is 74.4 Å².